The van der Waals surface area contributed by atoms with Crippen LogP contribution in [0.3, 0.4) is 0 Å². The molecule has 0 saturated carbocycles. The Balaban J connectivity index is 2.14. The van der Waals surface area contributed by atoms with E-state index in [4.69, 9.17) is 5.11 Å². The molecule has 1 aromatic rings. The Morgan fingerprint density at radius 1 is 1.55 bits per heavy atom. The van der Waals surface area contributed by atoms with Crippen molar-refractivity contribution in [2.75, 3.05) is 17.8 Å². The van der Waals surface area contributed by atoms with Gasteiger partial charge in [-0.2, -0.15) is 12.7 Å². The second kappa shape index (κ2) is 5.76. The summed E-state index contributed by atoms with van der Waals surface area (Å²) in [6.07, 6.45) is 2.55. The molecule has 20 heavy (non-hydrogen) atoms. The predicted octanol–water partition coefficient (Wildman–Crippen LogP) is 0.843. The number of hydrogen-bond acceptors (Lipinski definition) is 4. The first-order chi connectivity index (χ1) is 9.40. The van der Waals surface area contributed by atoms with E-state index in [0.29, 0.717) is 24.9 Å². The molecule has 2 rings (SSSR count). The minimum Gasteiger partial charge on any atom is -0.481 e. The van der Waals surface area contributed by atoms with Crippen molar-refractivity contribution in [1.82, 2.24) is 9.29 Å². The number of aromatic nitrogens is 1. The van der Waals surface area contributed by atoms with Gasteiger partial charge in [0.15, 0.2) is 0 Å². The van der Waals surface area contributed by atoms with Crippen LogP contribution >= 0.6 is 0 Å². The summed E-state index contributed by atoms with van der Waals surface area (Å²) in [4.78, 5) is 15.0. The number of nitrogens with zero attached hydrogens (tertiary/aromatic N) is 2. The molecule has 1 unspecified atom stereocenters. The van der Waals surface area contributed by atoms with Crippen molar-refractivity contribution in [2.24, 2.45) is 5.92 Å². The fourth-order valence-corrected chi connectivity index (χ4v) is 3.47. The Labute approximate surface area is 117 Å². The molecule has 7 nitrogen and oxygen atoms in total. The third kappa shape index (κ3) is 3.26. The maximum Gasteiger partial charge on any atom is 0.307 e. The predicted molar refractivity (Wildman–Crippen MR) is 73.4 cm³/mol. The monoisotopic (exact) mass is 299 g/mol. The Hall–Kier alpha value is -1.67. The normalized spacial score (nSPS) is 20.6. The Kier molecular flexibility index (Phi) is 4.24. The topological polar surface area (TPSA) is 99.6 Å². The molecule has 0 radical (unpaired) electrons. The first-order valence-corrected chi connectivity index (χ1v) is 7.76. The Morgan fingerprint density at radius 3 is 2.95 bits per heavy atom. The number of carboxylic acid groups (broad SMARTS) is 1. The number of carbonyl (C=O) groups is 1. The summed E-state index contributed by atoms with van der Waals surface area (Å²) in [5.74, 6) is -1.34. The van der Waals surface area contributed by atoms with Crippen LogP contribution in [0.2, 0.25) is 0 Å². The molecule has 0 spiro atoms. The molecule has 0 aromatic carbocycles. The minimum absolute atomic E-state index is 0.00342. The molecule has 2 heterocycles. The average molecular weight is 299 g/mol. The van der Waals surface area contributed by atoms with Crippen LogP contribution in [0.25, 0.3) is 0 Å². The molecule has 1 aliphatic rings. The lowest BCUT2D eigenvalue weighted by atomic mass is 10.0. The second-order valence-corrected chi connectivity index (χ2v) is 6.48. The van der Waals surface area contributed by atoms with Crippen LogP contribution in [0.4, 0.5) is 5.82 Å². The summed E-state index contributed by atoms with van der Waals surface area (Å²) in [5.41, 5.74) is 0.711. The van der Waals surface area contributed by atoms with Crippen LogP contribution in [0.15, 0.2) is 18.3 Å². The number of aliphatic carboxylic acids is 1. The SMILES string of the molecule is Cc1cccnc1NS(=O)(=O)N1CCCC(C(=O)O)C1. The van der Waals surface area contributed by atoms with E-state index in [1.807, 2.05) is 0 Å². The third-order valence-electron chi connectivity index (χ3n) is 3.31. The van der Waals surface area contributed by atoms with Crippen molar-refractivity contribution in [3.05, 3.63) is 23.9 Å². The Morgan fingerprint density at radius 2 is 2.30 bits per heavy atom. The number of carboxylic acids is 1. The lowest BCUT2D eigenvalue weighted by Gasteiger charge is -2.29. The van der Waals surface area contributed by atoms with Crippen LogP contribution in [0.1, 0.15) is 18.4 Å². The smallest absolute Gasteiger partial charge is 0.307 e. The van der Waals surface area contributed by atoms with E-state index in [9.17, 15) is 13.2 Å². The summed E-state index contributed by atoms with van der Waals surface area (Å²) in [6.45, 7) is 2.07. The molecule has 1 atom stereocenters. The van der Waals surface area contributed by atoms with Gasteiger partial charge in [0.2, 0.25) is 0 Å². The molecular formula is C12H17N3O4S. The third-order valence-corrected chi connectivity index (χ3v) is 4.77. The van der Waals surface area contributed by atoms with Gasteiger partial charge in [0, 0.05) is 19.3 Å². The summed E-state index contributed by atoms with van der Waals surface area (Å²) in [7, 11) is -3.77. The number of hydrogen-bond donors (Lipinski definition) is 2. The van der Waals surface area contributed by atoms with Gasteiger partial charge in [-0.05, 0) is 31.4 Å². The first-order valence-electron chi connectivity index (χ1n) is 6.32. The van der Waals surface area contributed by atoms with E-state index in [1.165, 1.54) is 10.5 Å². The van der Waals surface area contributed by atoms with E-state index in [2.05, 4.69) is 9.71 Å². The molecule has 1 saturated heterocycles. The van der Waals surface area contributed by atoms with Crippen LogP contribution < -0.4 is 4.72 Å². The van der Waals surface area contributed by atoms with Gasteiger partial charge < -0.3 is 5.11 Å². The minimum atomic E-state index is -3.77. The first kappa shape index (κ1) is 14.7. The van der Waals surface area contributed by atoms with Gasteiger partial charge in [0.25, 0.3) is 0 Å². The van der Waals surface area contributed by atoms with Crippen LogP contribution in [0.5, 0.6) is 0 Å². The van der Waals surface area contributed by atoms with Crippen molar-refractivity contribution >= 4 is 22.0 Å². The quantitative estimate of drug-likeness (QED) is 0.858. The molecule has 2 N–H and O–H groups in total. The van der Waals surface area contributed by atoms with E-state index in [1.54, 1.807) is 19.1 Å². The molecule has 0 bridgehead atoms. The molecule has 8 heteroatoms. The number of piperidine rings is 1. The van der Waals surface area contributed by atoms with Crippen LogP contribution in [-0.4, -0.2) is 41.9 Å². The standard InChI is InChI=1S/C12H17N3O4S/c1-9-4-2-6-13-11(9)14-20(18,19)15-7-3-5-10(8-15)12(16)17/h2,4,6,10H,3,5,7-8H2,1H3,(H,13,14)(H,16,17). The zero-order valence-corrected chi connectivity index (χ0v) is 11.9. The van der Waals surface area contributed by atoms with Gasteiger partial charge in [-0.15, -0.1) is 0 Å². The number of rotatable bonds is 4. The van der Waals surface area contributed by atoms with Crippen LogP contribution in [-0.2, 0) is 15.0 Å². The zero-order chi connectivity index (χ0) is 14.8. The van der Waals surface area contributed by atoms with Crippen molar-refractivity contribution in [1.29, 1.82) is 0 Å². The second-order valence-electron chi connectivity index (χ2n) is 4.81. The van der Waals surface area contributed by atoms with Gasteiger partial charge in [0.05, 0.1) is 5.92 Å². The molecule has 1 aliphatic heterocycles. The summed E-state index contributed by atoms with van der Waals surface area (Å²) < 4.78 is 28.1. The lowest BCUT2D eigenvalue weighted by molar-refractivity contribution is -0.142. The van der Waals surface area contributed by atoms with Gasteiger partial charge in [0.1, 0.15) is 5.82 Å². The van der Waals surface area contributed by atoms with E-state index in [0.717, 1.165) is 0 Å². The van der Waals surface area contributed by atoms with Crippen molar-refractivity contribution in [2.45, 2.75) is 19.8 Å². The van der Waals surface area contributed by atoms with Crippen molar-refractivity contribution < 1.29 is 18.3 Å². The molecular weight excluding hydrogens is 282 g/mol. The van der Waals surface area contributed by atoms with Gasteiger partial charge >= 0.3 is 16.2 Å². The maximum atomic E-state index is 12.3. The highest BCUT2D eigenvalue weighted by atomic mass is 32.2. The summed E-state index contributed by atoms with van der Waals surface area (Å²) in [6, 6.07) is 3.47. The number of pyridine rings is 1. The molecule has 1 aromatic heterocycles. The van der Waals surface area contributed by atoms with Crippen molar-refractivity contribution in [3.8, 4) is 0 Å². The van der Waals surface area contributed by atoms with Gasteiger partial charge in [-0.3, -0.25) is 9.52 Å². The maximum absolute atomic E-state index is 12.3. The number of anilines is 1. The largest absolute Gasteiger partial charge is 0.481 e. The highest BCUT2D eigenvalue weighted by molar-refractivity contribution is 7.90. The van der Waals surface area contributed by atoms with E-state index in [-0.39, 0.29) is 12.4 Å². The van der Waals surface area contributed by atoms with Gasteiger partial charge in [-0.25, -0.2) is 4.98 Å². The fourth-order valence-electron chi connectivity index (χ4n) is 2.14. The molecule has 0 aliphatic carbocycles. The molecule has 110 valence electrons. The zero-order valence-electron chi connectivity index (χ0n) is 11.1. The van der Waals surface area contributed by atoms with E-state index < -0.39 is 22.1 Å². The van der Waals surface area contributed by atoms with Crippen molar-refractivity contribution in [3.63, 3.8) is 0 Å². The number of nitrogens with one attached hydrogen (secondary N) is 1. The molecule has 0 amide bonds. The van der Waals surface area contributed by atoms with E-state index >= 15 is 0 Å². The Bertz CT molecular complexity index is 602. The summed E-state index contributed by atoms with van der Waals surface area (Å²) >= 11 is 0. The average Bonchev–Trinajstić information content (AvgIpc) is 2.41. The number of aryl methyl sites for hydroxylation is 1. The fraction of sp³-hybridized carbons (Fsp3) is 0.500. The highest BCUT2D eigenvalue weighted by Gasteiger charge is 2.32. The summed E-state index contributed by atoms with van der Waals surface area (Å²) in [5, 5.41) is 9.00. The van der Waals surface area contributed by atoms with Crippen LogP contribution in [0, 0.1) is 12.8 Å². The lowest BCUT2D eigenvalue weighted by Crippen LogP contribution is -2.44. The highest BCUT2D eigenvalue weighted by Crippen LogP contribution is 2.21. The van der Waals surface area contributed by atoms with Gasteiger partial charge in [-0.1, -0.05) is 6.07 Å². The molecule has 1 fully saturated rings.